The van der Waals surface area contributed by atoms with Gasteiger partial charge in [0.1, 0.15) is 24.3 Å². The minimum atomic E-state index is -1.91. The van der Waals surface area contributed by atoms with E-state index in [9.17, 15) is 24.6 Å². The molecular weight excluding hydrogens is 385 g/mol. The van der Waals surface area contributed by atoms with Crippen LogP contribution in [-0.2, 0) is 33.3 Å². The van der Waals surface area contributed by atoms with E-state index in [4.69, 9.17) is 18.9 Å². The first-order valence-corrected chi connectivity index (χ1v) is 8.68. The first-order chi connectivity index (χ1) is 12.3. The number of Topliss-reactive ketones (excluding diaryl/α,β-unsaturated/α-hetero) is 1. The SMILES string of the molecule is CC(=O)N[C@H]([C@H]1OC(C)(C)O[C@@H]1[C@H]1COC(C)(C)O1)[C@@H](O)CC(=O)C(=O)[O-].[Na+]. The molecule has 0 aromatic heterocycles. The van der Waals surface area contributed by atoms with E-state index >= 15 is 0 Å². The number of hydrogen-bond donors (Lipinski definition) is 2. The van der Waals surface area contributed by atoms with E-state index in [-0.39, 0.29) is 36.2 Å². The van der Waals surface area contributed by atoms with Crippen LogP contribution in [-0.4, -0.2) is 71.4 Å². The Morgan fingerprint density at radius 1 is 1.14 bits per heavy atom. The number of aliphatic carboxylic acids is 1. The van der Waals surface area contributed by atoms with Gasteiger partial charge in [-0.1, -0.05) is 0 Å². The maximum atomic E-state index is 11.6. The fourth-order valence-corrected chi connectivity index (χ4v) is 3.29. The second-order valence-electron chi connectivity index (χ2n) is 7.64. The molecule has 0 unspecified atom stereocenters. The molecule has 0 bridgehead atoms. The van der Waals surface area contributed by atoms with Gasteiger partial charge < -0.3 is 39.3 Å². The summed E-state index contributed by atoms with van der Waals surface area (Å²) >= 11 is 0. The van der Waals surface area contributed by atoms with Crippen molar-refractivity contribution < 1.29 is 73.1 Å². The molecule has 28 heavy (non-hydrogen) atoms. The van der Waals surface area contributed by atoms with Crippen molar-refractivity contribution in [3.63, 3.8) is 0 Å². The Hall–Kier alpha value is -0.590. The zero-order valence-electron chi connectivity index (χ0n) is 17.0. The van der Waals surface area contributed by atoms with Gasteiger partial charge in [-0.25, -0.2) is 0 Å². The third-order valence-corrected chi connectivity index (χ3v) is 4.32. The monoisotopic (exact) mass is 411 g/mol. The van der Waals surface area contributed by atoms with E-state index < -0.39 is 66.1 Å². The van der Waals surface area contributed by atoms with Crippen molar-refractivity contribution in [2.75, 3.05) is 6.61 Å². The molecule has 2 rings (SSSR count). The van der Waals surface area contributed by atoms with Gasteiger partial charge in [0.2, 0.25) is 5.91 Å². The second kappa shape index (κ2) is 9.48. The molecule has 154 valence electrons. The van der Waals surface area contributed by atoms with Crippen molar-refractivity contribution in [1.82, 2.24) is 5.32 Å². The van der Waals surface area contributed by atoms with Crippen LogP contribution >= 0.6 is 0 Å². The fourth-order valence-electron chi connectivity index (χ4n) is 3.29. The van der Waals surface area contributed by atoms with E-state index in [1.807, 2.05) is 0 Å². The summed E-state index contributed by atoms with van der Waals surface area (Å²) in [6.45, 7) is 8.22. The van der Waals surface area contributed by atoms with E-state index in [2.05, 4.69) is 5.32 Å². The topological polar surface area (TPSA) is 143 Å². The Morgan fingerprint density at radius 2 is 1.75 bits per heavy atom. The molecule has 2 N–H and O–H groups in total. The van der Waals surface area contributed by atoms with E-state index in [1.54, 1.807) is 27.7 Å². The molecule has 0 saturated carbocycles. The number of amides is 1. The zero-order chi connectivity index (χ0) is 20.6. The summed E-state index contributed by atoms with van der Waals surface area (Å²) in [6, 6.07) is -1.11. The number of ketones is 1. The number of rotatable bonds is 7. The Kier molecular flexibility index (Phi) is 8.62. The van der Waals surface area contributed by atoms with Crippen molar-refractivity contribution >= 4 is 17.7 Å². The zero-order valence-corrected chi connectivity index (χ0v) is 19.0. The largest absolute Gasteiger partial charge is 1.00 e. The molecule has 2 heterocycles. The summed E-state index contributed by atoms with van der Waals surface area (Å²) in [5.41, 5.74) is 0. The van der Waals surface area contributed by atoms with Gasteiger partial charge in [0, 0.05) is 13.3 Å². The van der Waals surface area contributed by atoms with E-state index in [0.29, 0.717) is 0 Å². The molecule has 0 aliphatic carbocycles. The van der Waals surface area contributed by atoms with E-state index in [1.165, 1.54) is 6.92 Å². The van der Waals surface area contributed by atoms with Gasteiger partial charge in [-0.3, -0.25) is 9.59 Å². The van der Waals surface area contributed by atoms with Crippen LogP contribution in [0.25, 0.3) is 0 Å². The molecule has 0 aromatic rings. The average Bonchev–Trinajstić information content (AvgIpc) is 3.03. The van der Waals surface area contributed by atoms with Gasteiger partial charge in [-0.15, -0.1) is 0 Å². The summed E-state index contributed by atoms with van der Waals surface area (Å²) in [5, 5.41) is 23.7. The first-order valence-electron chi connectivity index (χ1n) is 8.68. The number of nitrogens with one attached hydrogen (secondary N) is 1. The predicted molar refractivity (Wildman–Crippen MR) is 87.0 cm³/mol. The van der Waals surface area contributed by atoms with Crippen LogP contribution in [0.2, 0.25) is 0 Å². The molecule has 5 atom stereocenters. The predicted octanol–water partition coefficient (Wildman–Crippen LogP) is -4.76. The van der Waals surface area contributed by atoms with Crippen LogP contribution in [0.5, 0.6) is 0 Å². The number of ether oxygens (including phenoxy) is 4. The summed E-state index contributed by atoms with van der Waals surface area (Å²) in [7, 11) is 0. The summed E-state index contributed by atoms with van der Waals surface area (Å²) in [6.07, 6.45) is -4.46. The minimum Gasteiger partial charge on any atom is -0.542 e. The molecule has 2 fully saturated rings. The van der Waals surface area contributed by atoms with Crippen LogP contribution in [0.4, 0.5) is 0 Å². The Morgan fingerprint density at radius 3 is 2.21 bits per heavy atom. The van der Waals surface area contributed by atoms with Crippen LogP contribution in [0.15, 0.2) is 0 Å². The number of aliphatic hydroxyl groups excluding tert-OH is 1. The van der Waals surface area contributed by atoms with Crippen molar-refractivity contribution in [3.8, 4) is 0 Å². The number of hydrogen-bond acceptors (Lipinski definition) is 9. The molecule has 11 heteroatoms. The number of carboxylic acids is 1. The minimum absolute atomic E-state index is 0. The summed E-state index contributed by atoms with van der Waals surface area (Å²) in [4.78, 5) is 33.8. The smallest absolute Gasteiger partial charge is 0.542 e. The van der Waals surface area contributed by atoms with Crippen molar-refractivity contribution in [3.05, 3.63) is 0 Å². The number of aliphatic hydroxyl groups is 1. The van der Waals surface area contributed by atoms with Crippen LogP contribution in [0.3, 0.4) is 0 Å². The molecule has 2 saturated heterocycles. The molecular formula is C17H26NNaO9. The third kappa shape index (κ3) is 6.46. The number of carbonyl (C=O) groups excluding carboxylic acids is 3. The quantitative estimate of drug-likeness (QED) is 0.312. The summed E-state index contributed by atoms with van der Waals surface area (Å²) in [5.74, 6) is -5.58. The van der Waals surface area contributed by atoms with Crippen molar-refractivity contribution in [2.45, 2.75) is 83.1 Å². The standard InChI is InChI=1S/C17H27NO9.Na/c1-8(19)18-12(9(20)6-10(21)15(22)23)14-13(26-17(4,5)27-14)11-7-24-16(2,3)25-11;/h9,11-14,20H,6-7H2,1-5H3,(H,18,19)(H,22,23);/q;+1/p-1/t9-,11+,12-,13+,14+;/m0./s1. The Labute approximate surface area is 185 Å². The van der Waals surface area contributed by atoms with Gasteiger partial charge in [-0.05, 0) is 27.7 Å². The second-order valence-corrected chi connectivity index (χ2v) is 7.64. The van der Waals surface area contributed by atoms with Gasteiger partial charge in [0.15, 0.2) is 17.4 Å². The van der Waals surface area contributed by atoms with Gasteiger partial charge in [0.25, 0.3) is 0 Å². The third-order valence-electron chi connectivity index (χ3n) is 4.32. The summed E-state index contributed by atoms with van der Waals surface area (Å²) < 4.78 is 23.1. The molecule has 10 nitrogen and oxygen atoms in total. The van der Waals surface area contributed by atoms with Crippen LogP contribution in [0.1, 0.15) is 41.0 Å². The fraction of sp³-hybridized carbons (Fsp3) is 0.824. The maximum Gasteiger partial charge on any atom is 1.00 e. The molecule has 2 aliphatic heterocycles. The van der Waals surface area contributed by atoms with Gasteiger partial charge in [-0.2, -0.15) is 0 Å². The van der Waals surface area contributed by atoms with E-state index in [0.717, 1.165) is 0 Å². The molecule has 0 radical (unpaired) electrons. The Balaban J connectivity index is 0.00000392. The Bertz CT molecular complexity index is 609. The normalized spacial score (nSPS) is 30.1. The van der Waals surface area contributed by atoms with Gasteiger partial charge in [0.05, 0.1) is 18.8 Å². The van der Waals surface area contributed by atoms with Gasteiger partial charge >= 0.3 is 29.6 Å². The molecule has 1 amide bonds. The van der Waals surface area contributed by atoms with Crippen molar-refractivity contribution in [1.29, 1.82) is 0 Å². The van der Waals surface area contributed by atoms with Crippen molar-refractivity contribution in [2.24, 2.45) is 0 Å². The molecule has 0 spiro atoms. The number of carboxylic acid groups (broad SMARTS) is 1. The average molecular weight is 411 g/mol. The maximum absolute atomic E-state index is 11.6. The molecule has 0 aromatic carbocycles. The first kappa shape index (κ1) is 25.4. The molecule has 2 aliphatic rings. The van der Waals surface area contributed by atoms with Crippen LogP contribution in [0, 0.1) is 0 Å². The van der Waals surface area contributed by atoms with Crippen LogP contribution < -0.4 is 40.0 Å². The number of carbonyl (C=O) groups is 3.